The quantitative estimate of drug-likeness (QED) is 0.889. The highest BCUT2D eigenvalue weighted by Crippen LogP contribution is 2.29. The predicted octanol–water partition coefficient (Wildman–Crippen LogP) is 3.67. The molecule has 0 fully saturated rings. The van der Waals surface area contributed by atoms with Crippen molar-refractivity contribution in [1.29, 1.82) is 0 Å². The molecular formula is C17H14F3N3O2. The number of nitrogens with zero attached hydrogens (tertiary/aromatic N) is 1. The number of carbonyl (C=O) groups is 1. The van der Waals surface area contributed by atoms with E-state index in [2.05, 4.69) is 15.6 Å². The van der Waals surface area contributed by atoms with Gasteiger partial charge in [0.2, 0.25) is 0 Å². The number of ether oxygens (including phenoxy) is 1. The summed E-state index contributed by atoms with van der Waals surface area (Å²) in [4.78, 5) is 16.1. The van der Waals surface area contributed by atoms with Crippen molar-refractivity contribution in [2.75, 3.05) is 18.4 Å². The van der Waals surface area contributed by atoms with Crippen LogP contribution in [0.2, 0.25) is 0 Å². The number of benzene rings is 2. The first-order chi connectivity index (χ1) is 11.9. The van der Waals surface area contributed by atoms with Gasteiger partial charge in [0, 0.05) is 17.8 Å². The van der Waals surface area contributed by atoms with Crippen LogP contribution in [-0.2, 0) is 6.18 Å². The summed E-state index contributed by atoms with van der Waals surface area (Å²) in [5.74, 6) is 1.10. The van der Waals surface area contributed by atoms with Gasteiger partial charge < -0.3 is 10.1 Å². The van der Waals surface area contributed by atoms with Crippen molar-refractivity contribution >= 4 is 17.6 Å². The Morgan fingerprint density at radius 3 is 2.32 bits per heavy atom. The molecule has 8 heteroatoms. The van der Waals surface area contributed by atoms with Gasteiger partial charge in [-0.3, -0.25) is 10.3 Å². The Balaban J connectivity index is 1.59. The summed E-state index contributed by atoms with van der Waals surface area (Å²) in [7, 11) is 0. The summed E-state index contributed by atoms with van der Waals surface area (Å²) in [6, 6.07) is 10.9. The normalized spacial score (nSPS) is 13.8. The zero-order chi connectivity index (χ0) is 17.9. The fraction of sp³-hybridized carbons (Fsp3) is 0.176. The Morgan fingerprint density at radius 2 is 1.76 bits per heavy atom. The monoisotopic (exact) mass is 349 g/mol. The minimum absolute atomic E-state index is 0.208. The Hall–Kier alpha value is -3.03. The summed E-state index contributed by atoms with van der Waals surface area (Å²) in [5, 5.41) is 5.50. The van der Waals surface area contributed by atoms with Gasteiger partial charge >= 0.3 is 12.3 Å². The van der Waals surface area contributed by atoms with Crippen LogP contribution in [0.25, 0.3) is 0 Å². The molecule has 2 N–H and O–H groups in total. The molecule has 0 atom stereocenters. The van der Waals surface area contributed by atoms with E-state index in [1.54, 1.807) is 24.3 Å². The minimum atomic E-state index is -4.42. The lowest BCUT2D eigenvalue weighted by atomic mass is 10.2. The van der Waals surface area contributed by atoms with Gasteiger partial charge in [0.25, 0.3) is 0 Å². The van der Waals surface area contributed by atoms with Crippen molar-refractivity contribution in [1.82, 2.24) is 5.32 Å². The molecule has 0 radical (unpaired) electrons. The van der Waals surface area contributed by atoms with Crippen molar-refractivity contribution in [2.24, 2.45) is 4.99 Å². The standard InChI is InChI=1S/C17H14F3N3O2/c18-17(19,20)12-3-5-13(6-4-12)23-16(24)25-14-7-1-11(2-8-14)15-21-9-10-22-15/h1-8H,9-10H2,(H,21,22)(H,23,24). The van der Waals surface area contributed by atoms with Gasteiger partial charge in [-0.25, -0.2) is 4.79 Å². The van der Waals surface area contributed by atoms with Crippen LogP contribution in [0.3, 0.4) is 0 Å². The van der Waals surface area contributed by atoms with Crippen molar-refractivity contribution in [3.8, 4) is 5.75 Å². The average Bonchev–Trinajstić information content (AvgIpc) is 3.09. The lowest BCUT2D eigenvalue weighted by Crippen LogP contribution is -2.19. The van der Waals surface area contributed by atoms with E-state index in [1.165, 1.54) is 0 Å². The first-order valence-corrected chi connectivity index (χ1v) is 7.47. The van der Waals surface area contributed by atoms with Gasteiger partial charge in [0.15, 0.2) is 0 Å². The molecule has 1 aliphatic heterocycles. The maximum Gasteiger partial charge on any atom is 0.417 e. The number of amides is 1. The second kappa shape index (κ2) is 6.84. The van der Waals surface area contributed by atoms with Crippen LogP contribution < -0.4 is 15.4 Å². The predicted molar refractivity (Wildman–Crippen MR) is 86.9 cm³/mol. The molecule has 2 aromatic rings. The molecule has 0 bridgehead atoms. The van der Waals surface area contributed by atoms with Crippen molar-refractivity contribution < 1.29 is 22.7 Å². The van der Waals surface area contributed by atoms with Crippen LogP contribution in [0.4, 0.5) is 23.7 Å². The Kier molecular flexibility index (Phi) is 4.60. The van der Waals surface area contributed by atoms with Gasteiger partial charge in [-0.1, -0.05) is 0 Å². The third-order valence-corrected chi connectivity index (χ3v) is 3.47. The van der Waals surface area contributed by atoms with Gasteiger partial charge in [-0.2, -0.15) is 13.2 Å². The first-order valence-electron chi connectivity index (χ1n) is 7.47. The van der Waals surface area contributed by atoms with Gasteiger partial charge in [0.1, 0.15) is 11.6 Å². The number of rotatable bonds is 3. The van der Waals surface area contributed by atoms with Gasteiger partial charge in [-0.15, -0.1) is 0 Å². The molecule has 0 unspecified atom stereocenters. The van der Waals surface area contributed by atoms with E-state index in [0.717, 1.165) is 48.8 Å². The van der Waals surface area contributed by atoms with Gasteiger partial charge in [-0.05, 0) is 48.5 Å². The summed E-state index contributed by atoms with van der Waals surface area (Å²) < 4.78 is 42.6. The number of hydrogen-bond acceptors (Lipinski definition) is 4. The van der Waals surface area contributed by atoms with Crippen molar-refractivity contribution in [3.63, 3.8) is 0 Å². The summed E-state index contributed by atoms with van der Waals surface area (Å²) in [6.07, 6.45) is -5.21. The van der Waals surface area contributed by atoms with Gasteiger partial charge in [0.05, 0.1) is 12.1 Å². The molecule has 0 aromatic heterocycles. The largest absolute Gasteiger partial charge is 0.417 e. The van der Waals surface area contributed by atoms with Crippen LogP contribution >= 0.6 is 0 Å². The van der Waals surface area contributed by atoms with Crippen LogP contribution in [0, 0.1) is 0 Å². The molecular weight excluding hydrogens is 335 g/mol. The van der Waals surface area contributed by atoms with Crippen LogP contribution in [0.1, 0.15) is 11.1 Å². The maximum atomic E-state index is 12.5. The van der Waals surface area contributed by atoms with Crippen molar-refractivity contribution in [2.45, 2.75) is 6.18 Å². The number of amidine groups is 1. The highest BCUT2D eigenvalue weighted by molar-refractivity contribution is 5.99. The molecule has 1 aliphatic rings. The van der Waals surface area contributed by atoms with E-state index in [0.29, 0.717) is 5.75 Å². The highest BCUT2D eigenvalue weighted by Gasteiger charge is 2.30. The van der Waals surface area contributed by atoms with E-state index in [1.807, 2.05) is 0 Å². The number of nitrogens with one attached hydrogen (secondary N) is 2. The van der Waals surface area contributed by atoms with Crippen molar-refractivity contribution in [3.05, 3.63) is 59.7 Å². The lowest BCUT2D eigenvalue weighted by Gasteiger charge is -2.09. The Bertz CT molecular complexity index is 784. The Labute approximate surface area is 141 Å². The topological polar surface area (TPSA) is 62.7 Å². The summed E-state index contributed by atoms with van der Waals surface area (Å²) >= 11 is 0. The molecule has 2 aromatic carbocycles. The molecule has 1 amide bonds. The second-order valence-electron chi connectivity index (χ2n) is 5.27. The number of hydrogen-bond donors (Lipinski definition) is 2. The summed E-state index contributed by atoms with van der Waals surface area (Å²) in [5.41, 5.74) is 0.303. The molecule has 0 aliphatic carbocycles. The third-order valence-electron chi connectivity index (χ3n) is 3.47. The number of anilines is 1. The Morgan fingerprint density at radius 1 is 1.08 bits per heavy atom. The molecule has 5 nitrogen and oxygen atoms in total. The number of aliphatic imine (C=N–C) groups is 1. The SMILES string of the molecule is O=C(Nc1ccc(C(F)(F)F)cc1)Oc1ccc(C2=NCCN2)cc1. The fourth-order valence-corrected chi connectivity index (χ4v) is 2.27. The van der Waals surface area contributed by atoms with E-state index in [4.69, 9.17) is 4.74 Å². The average molecular weight is 349 g/mol. The molecule has 0 spiro atoms. The number of alkyl halides is 3. The molecule has 0 saturated carbocycles. The maximum absolute atomic E-state index is 12.5. The molecule has 3 rings (SSSR count). The fourth-order valence-electron chi connectivity index (χ4n) is 2.27. The molecule has 0 saturated heterocycles. The summed E-state index contributed by atoms with van der Waals surface area (Å²) in [6.45, 7) is 1.52. The number of halogens is 3. The third kappa shape index (κ3) is 4.28. The highest BCUT2D eigenvalue weighted by atomic mass is 19.4. The lowest BCUT2D eigenvalue weighted by molar-refractivity contribution is -0.137. The first kappa shape index (κ1) is 16.8. The minimum Gasteiger partial charge on any atom is -0.410 e. The molecule has 1 heterocycles. The van der Waals surface area contributed by atoms with Crippen LogP contribution in [0.15, 0.2) is 53.5 Å². The zero-order valence-electron chi connectivity index (χ0n) is 12.9. The second-order valence-corrected chi connectivity index (χ2v) is 5.27. The van der Waals surface area contributed by atoms with Crippen LogP contribution in [-0.4, -0.2) is 25.0 Å². The van der Waals surface area contributed by atoms with E-state index >= 15 is 0 Å². The molecule has 25 heavy (non-hydrogen) atoms. The number of carbonyl (C=O) groups excluding carboxylic acids is 1. The molecule has 130 valence electrons. The van der Waals surface area contributed by atoms with Crippen LogP contribution in [0.5, 0.6) is 5.75 Å². The smallest absolute Gasteiger partial charge is 0.410 e. The van der Waals surface area contributed by atoms with E-state index in [9.17, 15) is 18.0 Å². The van der Waals surface area contributed by atoms with E-state index in [-0.39, 0.29) is 5.69 Å². The zero-order valence-corrected chi connectivity index (χ0v) is 12.9. The van der Waals surface area contributed by atoms with E-state index < -0.39 is 17.8 Å².